The maximum Gasteiger partial charge on any atom is 0.242 e. The molecule has 6 heteroatoms. The number of carbonyl (C=O) groups excluding carboxylic acids is 1. The van der Waals surface area contributed by atoms with Gasteiger partial charge >= 0.3 is 0 Å². The van der Waals surface area contributed by atoms with Crippen molar-refractivity contribution in [1.29, 1.82) is 0 Å². The number of benzene rings is 1. The molecule has 1 aromatic heterocycles. The lowest BCUT2D eigenvalue weighted by Crippen LogP contribution is -2.52. The molecule has 148 valence electrons. The molecular formula is C22H28N4O2. The van der Waals surface area contributed by atoms with Crippen LogP contribution in [0.5, 0.6) is 0 Å². The van der Waals surface area contributed by atoms with Crippen molar-refractivity contribution < 1.29 is 9.53 Å². The Morgan fingerprint density at radius 1 is 1.11 bits per heavy atom. The first-order valence-electron chi connectivity index (χ1n) is 10.1. The summed E-state index contributed by atoms with van der Waals surface area (Å²) in [5.41, 5.74) is 2.00. The van der Waals surface area contributed by atoms with Crippen molar-refractivity contribution >= 4 is 11.6 Å². The van der Waals surface area contributed by atoms with E-state index in [1.807, 2.05) is 35.2 Å². The van der Waals surface area contributed by atoms with Gasteiger partial charge in [0.15, 0.2) is 0 Å². The highest BCUT2D eigenvalue weighted by Crippen LogP contribution is 2.31. The maximum atomic E-state index is 13.1. The molecule has 6 nitrogen and oxygen atoms in total. The van der Waals surface area contributed by atoms with E-state index < -0.39 is 0 Å². The highest BCUT2D eigenvalue weighted by atomic mass is 16.5. The van der Waals surface area contributed by atoms with Crippen molar-refractivity contribution in [2.24, 2.45) is 0 Å². The van der Waals surface area contributed by atoms with Crippen LogP contribution in [0.15, 0.2) is 54.9 Å². The van der Waals surface area contributed by atoms with E-state index in [2.05, 4.69) is 27.3 Å². The third-order valence-corrected chi connectivity index (χ3v) is 5.56. The van der Waals surface area contributed by atoms with Gasteiger partial charge in [0.2, 0.25) is 5.91 Å². The monoisotopic (exact) mass is 380 g/mol. The predicted octanol–water partition coefficient (Wildman–Crippen LogP) is 2.56. The minimum absolute atomic E-state index is 0.00316. The normalized spacial score (nSPS) is 22.9. The Morgan fingerprint density at radius 2 is 1.93 bits per heavy atom. The standard InChI is InChI=1S/C22H28N4O2/c27-21(16-24-19-9-6-10-23-15-19)26-13-14-28-20(17-25-11-4-5-12-25)22(26)18-7-2-1-3-8-18/h1-3,6-10,15,20,22,24H,4-5,11-14,16-17H2/t20-,22-/m0/s1. The second kappa shape index (κ2) is 9.17. The maximum absolute atomic E-state index is 13.1. The Morgan fingerprint density at radius 3 is 2.68 bits per heavy atom. The number of morpholine rings is 1. The summed E-state index contributed by atoms with van der Waals surface area (Å²) in [5.74, 6) is 0.0902. The van der Waals surface area contributed by atoms with Crippen LogP contribution in [0.2, 0.25) is 0 Å². The average Bonchev–Trinajstić information content (AvgIpc) is 3.26. The van der Waals surface area contributed by atoms with Gasteiger partial charge in [0, 0.05) is 25.5 Å². The first-order chi connectivity index (χ1) is 13.8. The number of aromatic nitrogens is 1. The summed E-state index contributed by atoms with van der Waals surface area (Å²) >= 11 is 0. The van der Waals surface area contributed by atoms with Crippen LogP contribution in [-0.2, 0) is 9.53 Å². The van der Waals surface area contributed by atoms with Gasteiger partial charge in [-0.1, -0.05) is 30.3 Å². The molecule has 3 heterocycles. The quantitative estimate of drug-likeness (QED) is 0.835. The topological polar surface area (TPSA) is 57.7 Å². The van der Waals surface area contributed by atoms with Gasteiger partial charge in [-0.2, -0.15) is 0 Å². The summed E-state index contributed by atoms with van der Waals surface area (Å²) in [5, 5.41) is 3.20. The fourth-order valence-corrected chi connectivity index (χ4v) is 4.18. The number of hydrogen-bond acceptors (Lipinski definition) is 5. The zero-order valence-electron chi connectivity index (χ0n) is 16.2. The molecule has 0 unspecified atom stereocenters. The van der Waals surface area contributed by atoms with E-state index >= 15 is 0 Å². The zero-order valence-corrected chi connectivity index (χ0v) is 16.2. The number of hydrogen-bond donors (Lipinski definition) is 1. The van der Waals surface area contributed by atoms with Crippen molar-refractivity contribution in [3.05, 3.63) is 60.4 Å². The van der Waals surface area contributed by atoms with Crippen LogP contribution in [0.1, 0.15) is 24.4 Å². The average molecular weight is 380 g/mol. The van der Waals surface area contributed by atoms with Gasteiger partial charge in [0.25, 0.3) is 0 Å². The fourth-order valence-electron chi connectivity index (χ4n) is 4.18. The number of ether oxygens (including phenoxy) is 1. The van der Waals surface area contributed by atoms with E-state index in [9.17, 15) is 4.79 Å². The number of pyridine rings is 1. The van der Waals surface area contributed by atoms with Gasteiger partial charge < -0.3 is 19.9 Å². The largest absolute Gasteiger partial charge is 0.375 e. The molecule has 2 aromatic rings. The van der Waals surface area contributed by atoms with E-state index in [1.54, 1.807) is 12.4 Å². The molecular weight excluding hydrogens is 352 g/mol. The molecule has 1 aromatic carbocycles. The van der Waals surface area contributed by atoms with E-state index in [1.165, 1.54) is 12.8 Å². The van der Waals surface area contributed by atoms with Crippen molar-refractivity contribution in [3.8, 4) is 0 Å². The Labute approximate surface area is 166 Å². The summed E-state index contributed by atoms with van der Waals surface area (Å²) in [6.45, 7) is 4.57. The van der Waals surface area contributed by atoms with Gasteiger partial charge in [-0.25, -0.2) is 0 Å². The molecule has 0 saturated carbocycles. The molecule has 4 rings (SSSR count). The predicted molar refractivity (Wildman–Crippen MR) is 109 cm³/mol. The molecule has 2 aliphatic rings. The molecule has 1 amide bonds. The van der Waals surface area contributed by atoms with Gasteiger partial charge in [0.1, 0.15) is 0 Å². The van der Waals surface area contributed by atoms with E-state index in [0.29, 0.717) is 13.2 Å². The number of anilines is 1. The minimum Gasteiger partial charge on any atom is -0.375 e. The number of carbonyl (C=O) groups is 1. The molecule has 28 heavy (non-hydrogen) atoms. The first kappa shape index (κ1) is 18.9. The Kier molecular flexibility index (Phi) is 6.19. The lowest BCUT2D eigenvalue weighted by atomic mass is 9.97. The van der Waals surface area contributed by atoms with Crippen LogP contribution in [-0.4, -0.2) is 66.1 Å². The molecule has 0 bridgehead atoms. The lowest BCUT2D eigenvalue weighted by molar-refractivity contribution is -0.146. The molecule has 2 fully saturated rings. The summed E-state index contributed by atoms with van der Waals surface area (Å²) in [4.78, 5) is 21.7. The second-order valence-electron chi connectivity index (χ2n) is 7.45. The summed E-state index contributed by atoms with van der Waals surface area (Å²) < 4.78 is 6.18. The second-order valence-corrected chi connectivity index (χ2v) is 7.45. The van der Waals surface area contributed by atoms with Gasteiger partial charge in [-0.15, -0.1) is 0 Å². The first-order valence-corrected chi connectivity index (χ1v) is 10.1. The SMILES string of the molecule is O=C(CNc1cccnc1)N1CCO[C@@H](CN2CCCC2)[C@@H]1c1ccccc1. The Balaban J connectivity index is 1.50. The summed E-state index contributed by atoms with van der Waals surface area (Å²) in [6, 6.07) is 14.0. The third-order valence-electron chi connectivity index (χ3n) is 5.56. The highest BCUT2D eigenvalue weighted by Gasteiger charge is 2.37. The highest BCUT2D eigenvalue weighted by molar-refractivity contribution is 5.81. The number of nitrogens with one attached hydrogen (secondary N) is 1. The van der Waals surface area contributed by atoms with E-state index in [4.69, 9.17) is 4.74 Å². The number of amides is 1. The van der Waals surface area contributed by atoms with Crippen molar-refractivity contribution in [2.75, 3.05) is 44.6 Å². The van der Waals surface area contributed by atoms with Crippen molar-refractivity contribution in [2.45, 2.75) is 25.0 Å². The third kappa shape index (κ3) is 4.51. The molecule has 2 saturated heterocycles. The number of rotatable bonds is 6. The van der Waals surface area contributed by atoms with Crippen molar-refractivity contribution in [3.63, 3.8) is 0 Å². The van der Waals surface area contributed by atoms with Gasteiger partial charge in [-0.3, -0.25) is 9.78 Å². The Hall–Kier alpha value is -2.44. The molecule has 1 N–H and O–H groups in total. The number of nitrogens with zero attached hydrogens (tertiary/aromatic N) is 3. The molecule has 2 aliphatic heterocycles. The van der Waals surface area contributed by atoms with Crippen molar-refractivity contribution in [1.82, 2.24) is 14.8 Å². The summed E-state index contributed by atoms with van der Waals surface area (Å²) in [7, 11) is 0. The molecule has 0 radical (unpaired) electrons. The zero-order chi connectivity index (χ0) is 19.2. The molecule has 0 aliphatic carbocycles. The van der Waals surface area contributed by atoms with Gasteiger partial charge in [-0.05, 0) is 43.6 Å². The minimum atomic E-state index is -0.0567. The van der Waals surface area contributed by atoms with Crippen LogP contribution in [0.3, 0.4) is 0 Å². The van der Waals surface area contributed by atoms with Gasteiger partial charge in [0.05, 0.1) is 31.0 Å². The Bertz CT molecular complexity index is 750. The molecule has 2 atom stereocenters. The van der Waals surface area contributed by atoms with Crippen LogP contribution in [0.25, 0.3) is 0 Å². The van der Waals surface area contributed by atoms with E-state index in [0.717, 1.165) is 30.9 Å². The molecule has 0 spiro atoms. The van der Waals surface area contributed by atoms with Crippen LogP contribution >= 0.6 is 0 Å². The van der Waals surface area contributed by atoms with Crippen LogP contribution < -0.4 is 5.32 Å². The lowest BCUT2D eigenvalue weighted by Gasteiger charge is -2.43. The summed E-state index contributed by atoms with van der Waals surface area (Å²) in [6.07, 6.45) is 5.96. The number of likely N-dealkylation sites (tertiary alicyclic amines) is 1. The van der Waals surface area contributed by atoms with Crippen LogP contribution in [0.4, 0.5) is 5.69 Å². The smallest absolute Gasteiger partial charge is 0.242 e. The fraction of sp³-hybridized carbons (Fsp3) is 0.455. The van der Waals surface area contributed by atoms with E-state index in [-0.39, 0.29) is 24.6 Å². The van der Waals surface area contributed by atoms with Crippen LogP contribution in [0, 0.1) is 0 Å².